The molecule has 2 heterocycles. The van der Waals surface area contributed by atoms with Crippen molar-refractivity contribution in [2.75, 3.05) is 0 Å². The zero-order valence-electron chi connectivity index (χ0n) is 20.0. The van der Waals surface area contributed by atoms with Gasteiger partial charge < -0.3 is 4.57 Å². The Labute approximate surface area is 202 Å². The van der Waals surface area contributed by atoms with E-state index in [1.54, 1.807) is 0 Å². The number of aromatic nitrogens is 4. The first-order valence-corrected chi connectivity index (χ1v) is 11.8. The van der Waals surface area contributed by atoms with Gasteiger partial charge >= 0.3 is 5.69 Å². The molecule has 2 aromatic rings. The Morgan fingerprint density at radius 3 is 2.54 bits per heavy atom. The fourth-order valence-corrected chi connectivity index (χ4v) is 4.01. The molecule has 0 saturated heterocycles. The summed E-state index contributed by atoms with van der Waals surface area (Å²) in [7, 11) is 0. The first-order valence-electron chi connectivity index (χ1n) is 11.8. The van der Waals surface area contributed by atoms with Crippen LogP contribution in [0.5, 0.6) is 0 Å². The molecule has 0 atom stereocenters. The zero-order chi connectivity index (χ0) is 24.8. The van der Waals surface area contributed by atoms with Crippen LogP contribution in [0.3, 0.4) is 0 Å². The van der Waals surface area contributed by atoms with Crippen molar-refractivity contribution in [3.05, 3.63) is 80.0 Å². The minimum Gasteiger partial charge on any atom is -0.322 e. The second-order valence-electron chi connectivity index (χ2n) is 8.70. The quantitative estimate of drug-likeness (QED) is 0.206. The summed E-state index contributed by atoms with van der Waals surface area (Å²) in [6.45, 7) is 4.93. The summed E-state index contributed by atoms with van der Waals surface area (Å²) in [6, 6.07) is 13.6. The maximum atomic E-state index is 12.4. The Kier molecular flexibility index (Phi) is 7.67. The Balaban J connectivity index is 1.33. The van der Waals surface area contributed by atoms with Gasteiger partial charge in [-0.15, -0.1) is 0 Å². The maximum Gasteiger partial charge on any atom is 0.349 e. The maximum absolute atomic E-state index is 12.4. The molecule has 0 unspecified atom stereocenters. The smallest absolute Gasteiger partial charge is 0.322 e. The summed E-state index contributed by atoms with van der Waals surface area (Å²) in [5, 5.41) is 0. The molecule has 0 aliphatic carbocycles. The average molecular weight is 476 g/mol. The number of hydrogen-bond acceptors (Lipinski definition) is 6. The number of benzene rings is 2. The van der Waals surface area contributed by atoms with E-state index < -0.39 is 11.2 Å². The fourth-order valence-electron chi connectivity index (χ4n) is 4.01. The molecule has 2 N–H and O–H groups in total. The molecule has 0 bridgehead atoms. The van der Waals surface area contributed by atoms with Crippen LogP contribution in [0.4, 0.5) is 0 Å². The Morgan fingerprint density at radius 1 is 1.00 bits per heavy atom. The van der Waals surface area contributed by atoms with Crippen molar-refractivity contribution in [2.45, 2.75) is 59.1 Å². The number of unbranched alkanes of at least 4 members (excludes halogenated alkanes) is 3. The third-order valence-electron chi connectivity index (χ3n) is 6.03. The van der Waals surface area contributed by atoms with Gasteiger partial charge in [0.25, 0.3) is 5.56 Å². The van der Waals surface area contributed by atoms with Gasteiger partial charge in [0, 0.05) is 13.0 Å². The van der Waals surface area contributed by atoms with Crippen molar-refractivity contribution in [3.8, 4) is 11.5 Å². The molecule has 0 saturated carbocycles. The molecule has 2 aliphatic rings. The summed E-state index contributed by atoms with van der Waals surface area (Å²) in [5.74, 6) is 0.156. The van der Waals surface area contributed by atoms with Crippen LogP contribution in [0.2, 0.25) is 0 Å². The number of nitrogens with one attached hydrogen (secondary N) is 2. The van der Waals surface area contributed by atoms with E-state index in [1.807, 2.05) is 60.9 Å². The van der Waals surface area contributed by atoms with Crippen LogP contribution in [0.1, 0.15) is 48.8 Å². The molecule has 0 spiro atoms. The lowest BCUT2D eigenvalue weighted by molar-refractivity contribution is -0.134. The molecule has 1 amide bonds. The third-order valence-corrected chi connectivity index (χ3v) is 6.03. The van der Waals surface area contributed by atoms with Crippen molar-refractivity contribution in [3.63, 3.8) is 0 Å². The average Bonchev–Trinajstić information content (AvgIpc) is 2.83. The highest BCUT2D eigenvalue weighted by molar-refractivity contribution is 5.81. The van der Waals surface area contributed by atoms with Crippen LogP contribution in [0, 0.1) is 13.8 Å². The Bertz CT molecular complexity index is 1410. The van der Waals surface area contributed by atoms with Crippen molar-refractivity contribution < 1.29 is 9.63 Å². The molecule has 0 radical (unpaired) electrons. The van der Waals surface area contributed by atoms with E-state index in [1.165, 1.54) is 0 Å². The lowest BCUT2D eigenvalue weighted by Gasteiger charge is -2.17. The number of amides is 1. The predicted molar refractivity (Wildman–Crippen MR) is 133 cm³/mol. The standard InChI is InChI=1S/C26H29N5O4/c1-17-14-20-21(15-18(17)2)31(24-23(27-20)25(33)29-26(34)28-24)13-9-4-3-8-12-22(32)30-35-16-19-10-6-5-7-11-19/h5-7,10-11,14-15H,3-4,8-9,12-13,16H2,1-2H3,(H,30,32)(H,29,33,34). The molecule has 2 aliphatic heterocycles. The largest absolute Gasteiger partial charge is 0.349 e. The number of carbonyl (C=O) groups excluding carboxylic acids is 1. The van der Waals surface area contributed by atoms with Crippen LogP contribution in [-0.4, -0.2) is 25.4 Å². The number of aryl methyl sites for hydroxylation is 3. The van der Waals surface area contributed by atoms with Gasteiger partial charge in [0.1, 0.15) is 0 Å². The van der Waals surface area contributed by atoms with Gasteiger partial charge in [-0.1, -0.05) is 43.2 Å². The lowest BCUT2D eigenvalue weighted by Crippen LogP contribution is -2.29. The van der Waals surface area contributed by atoms with E-state index in [9.17, 15) is 14.4 Å². The van der Waals surface area contributed by atoms with E-state index in [-0.39, 0.29) is 11.6 Å². The summed E-state index contributed by atoms with van der Waals surface area (Å²) in [6.07, 6.45) is 3.68. The van der Waals surface area contributed by atoms with E-state index in [0.29, 0.717) is 30.9 Å². The van der Waals surface area contributed by atoms with Gasteiger partial charge in [0.2, 0.25) is 5.91 Å². The fraction of sp³-hybridized carbons (Fsp3) is 0.346. The van der Waals surface area contributed by atoms with Crippen molar-refractivity contribution in [2.24, 2.45) is 0 Å². The second-order valence-corrected chi connectivity index (χ2v) is 8.70. The SMILES string of the molecule is Cc1cc2nc3c(=O)[nH]c(=O)nc-3n(CCCCCCC(=O)NOCc3ccccc3)c2cc1C. The van der Waals surface area contributed by atoms with Gasteiger partial charge in [0.05, 0.1) is 17.6 Å². The number of hydroxylamine groups is 1. The summed E-state index contributed by atoms with van der Waals surface area (Å²) >= 11 is 0. The monoisotopic (exact) mass is 475 g/mol. The number of hydrogen-bond donors (Lipinski definition) is 2. The van der Waals surface area contributed by atoms with Gasteiger partial charge in [0.15, 0.2) is 11.5 Å². The summed E-state index contributed by atoms with van der Waals surface area (Å²) in [4.78, 5) is 52.2. The molecule has 2 aromatic carbocycles. The predicted octanol–water partition coefficient (Wildman–Crippen LogP) is 3.40. The highest BCUT2D eigenvalue weighted by Crippen LogP contribution is 2.24. The molecule has 4 rings (SSSR count). The van der Waals surface area contributed by atoms with Gasteiger partial charge in [-0.3, -0.25) is 19.4 Å². The summed E-state index contributed by atoms with van der Waals surface area (Å²) < 4.78 is 1.91. The number of nitrogens with zero attached hydrogens (tertiary/aromatic N) is 3. The number of carbonyl (C=O) groups is 1. The Hall–Kier alpha value is -3.85. The zero-order valence-corrected chi connectivity index (χ0v) is 20.0. The summed E-state index contributed by atoms with van der Waals surface area (Å²) in [5.41, 5.74) is 6.14. The van der Waals surface area contributed by atoms with Crippen molar-refractivity contribution in [1.29, 1.82) is 0 Å². The number of aromatic amines is 1. The van der Waals surface area contributed by atoms with Crippen LogP contribution < -0.4 is 16.7 Å². The molecule has 0 aromatic heterocycles. The molecule has 9 heteroatoms. The van der Waals surface area contributed by atoms with Gasteiger partial charge in [-0.2, -0.15) is 4.98 Å². The number of fused-ring (bicyclic) bond motifs is 2. The van der Waals surface area contributed by atoms with Gasteiger partial charge in [-0.05, 0) is 55.5 Å². The first-order chi connectivity index (χ1) is 16.9. The molecular formula is C26H29N5O4. The highest BCUT2D eigenvalue weighted by atomic mass is 16.6. The topological polar surface area (TPSA) is 119 Å². The molecule has 0 fully saturated rings. The minimum absolute atomic E-state index is 0.140. The Morgan fingerprint density at radius 2 is 1.74 bits per heavy atom. The normalized spacial score (nSPS) is 11.3. The van der Waals surface area contributed by atoms with Crippen LogP contribution in [0.15, 0.2) is 52.1 Å². The number of rotatable bonds is 10. The van der Waals surface area contributed by atoms with E-state index in [2.05, 4.69) is 20.4 Å². The van der Waals surface area contributed by atoms with Crippen LogP contribution in [-0.2, 0) is 22.8 Å². The lowest BCUT2D eigenvalue weighted by atomic mass is 10.1. The van der Waals surface area contributed by atoms with E-state index >= 15 is 0 Å². The third kappa shape index (κ3) is 5.99. The molecule has 35 heavy (non-hydrogen) atoms. The highest BCUT2D eigenvalue weighted by Gasteiger charge is 2.19. The minimum atomic E-state index is -0.679. The van der Waals surface area contributed by atoms with Crippen LogP contribution >= 0.6 is 0 Å². The molecule has 9 nitrogen and oxygen atoms in total. The van der Waals surface area contributed by atoms with Crippen molar-refractivity contribution >= 4 is 16.9 Å². The van der Waals surface area contributed by atoms with Crippen LogP contribution in [0.25, 0.3) is 22.6 Å². The first kappa shape index (κ1) is 24.3. The van der Waals surface area contributed by atoms with E-state index in [0.717, 1.165) is 47.9 Å². The van der Waals surface area contributed by atoms with E-state index in [4.69, 9.17) is 4.84 Å². The second kappa shape index (κ2) is 11.1. The molecular weight excluding hydrogens is 446 g/mol. The molecule has 182 valence electrons. The number of H-pyrrole nitrogens is 1. The van der Waals surface area contributed by atoms with Crippen molar-refractivity contribution in [1.82, 2.24) is 25.0 Å². The van der Waals surface area contributed by atoms with Gasteiger partial charge in [-0.25, -0.2) is 15.3 Å².